The molecule has 0 amide bonds. The quantitative estimate of drug-likeness (QED) is 0.122. The van der Waals surface area contributed by atoms with Crippen LogP contribution >= 0.6 is 0 Å². The summed E-state index contributed by atoms with van der Waals surface area (Å²) in [5.74, 6) is -9.48. The Kier molecular flexibility index (Phi) is 14.5. The summed E-state index contributed by atoms with van der Waals surface area (Å²) in [6, 6.07) is 34.7. The smallest absolute Gasteiger partial charge is 0.201 e. The fourth-order valence-electron chi connectivity index (χ4n) is 11.4. The standard InChI is InChI=1S/C20H28N.3C18H24N.C16H20N/c1-13(2)17-8-9-21(7)20(11-17)19-12-18(14(3)4)15(5)10-16(19)6;1-12(2)16-7-8-19(6)18(11-16)17-10-14(4)13(3)9-15(17)5;1-12(2)16-11-17(15(5)10-14(16)4)18-9-13(3)7-8-19(18)6;1-12(2)16-7-8-17(14(4)11-16)18-15(5)13(3)9-10-19(18)6;1-11-6-7-15(13(3)10-11)16-14(4)12(2)8-9-17(16)5/h8-14H,1-7H3;3*7-12H,1-6H3;6-10H,1-5H3/q5*+1/i1D3,3D3,5D3,13D,14D;1D3,3D3,12D;1D3,4D3,12D;1D3,12D;1D3. The maximum Gasteiger partial charge on any atom is 0.215 e. The molecule has 0 radical (unpaired) electrons. The minimum Gasteiger partial charge on any atom is -0.201 e. The lowest BCUT2D eigenvalue weighted by Crippen LogP contribution is -2.32. The first-order valence-corrected chi connectivity index (χ1v) is 31.7. The third-order valence-corrected chi connectivity index (χ3v) is 17.5. The van der Waals surface area contributed by atoms with Crippen LogP contribution in [0.25, 0.3) is 56.3 Å². The molecule has 10 aromatic rings. The molecule has 5 heterocycles. The van der Waals surface area contributed by atoms with E-state index in [-0.39, 0.29) is 27.8 Å². The molecule has 0 aliphatic rings. The topological polar surface area (TPSA) is 19.4 Å². The average Bonchev–Trinajstić information content (AvgIpc) is 0.737. The zero-order valence-corrected chi connectivity index (χ0v) is 59.7. The first kappa shape index (κ1) is 41.7. The number of pyridine rings is 5. The molecule has 500 valence electrons. The highest BCUT2D eigenvalue weighted by atomic mass is 14.9. The maximum absolute atomic E-state index is 8.52. The van der Waals surface area contributed by atoms with Gasteiger partial charge in [-0.2, -0.15) is 0 Å². The Labute approximate surface area is 622 Å². The Morgan fingerprint density at radius 2 is 0.642 bits per heavy atom. The molecule has 5 nitrogen and oxygen atoms in total. The second-order valence-electron chi connectivity index (χ2n) is 25.3. The molecule has 0 spiro atoms. The van der Waals surface area contributed by atoms with E-state index in [0.29, 0.717) is 44.6 Å². The van der Waals surface area contributed by atoms with Crippen LogP contribution in [0, 0.1) is 104 Å². The molecule has 0 bridgehead atoms. The van der Waals surface area contributed by atoms with Gasteiger partial charge in [0.2, 0.25) is 28.5 Å². The van der Waals surface area contributed by atoms with Gasteiger partial charge in [-0.05, 0) is 258 Å². The van der Waals surface area contributed by atoms with Crippen LogP contribution in [0.1, 0.15) is 253 Å². The highest BCUT2D eigenvalue weighted by Crippen LogP contribution is 2.34. The van der Waals surface area contributed by atoms with E-state index in [2.05, 4.69) is 49.0 Å². The molecule has 5 aromatic carbocycles. The number of hydrogen-bond acceptors (Lipinski definition) is 0. The number of aryl methyl sites for hydroxylation is 18. The molecule has 5 heteroatoms. The number of nitrogens with zero attached hydrogens (tertiary/aromatic N) is 5. The van der Waals surface area contributed by atoms with E-state index in [9.17, 15) is 0 Å². The van der Waals surface area contributed by atoms with E-state index >= 15 is 0 Å². The zero-order chi connectivity index (χ0) is 97.9. The minimum absolute atomic E-state index is 0.0135. The predicted octanol–water partition coefficient (Wildman–Crippen LogP) is 21.1. The van der Waals surface area contributed by atoms with Gasteiger partial charge in [-0.25, -0.2) is 22.8 Å². The maximum atomic E-state index is 8.52. The molecule has 5 atom stereocenters. The predicted molar refractivity (Wildman–Crippen MR) is 407 cm³/mol. The van der Waals surface area contributed by atoms with E-state index in [1.54, 1.807) is 87.2 Å². The second kappa shape index (κ2) is 33.0. The van der Waals surface area contributed by atoms with E-state index in [4.69, 9.17) is 43.9 Å². The lowest BCUT2D eigenvalue weighted by Gasteiger charge is -2.15. The van der Waals surface area contributed by atoms with Gasteiger partial charge in [0, 0.05) is 131 Å². The monoisotopic (exact) mass is 1300 g/mol. The highest BCUT2D eigenvalue weighted by Gasteiger charge is 2.22. The molecule has 5 aromatic heterocycles. The Morgan fingerprint density at radius 1 is 0.274 bits per heavy atom. The van der Waals surface area contributed by atoms with Gasteiger partial charge in [0.1, 0.15) is 35.2 Å². The molecule has 0 saturated heterocycles. The summed E-state index contributed by atoms with van der Waals surface area (Å²) in [7, 11) is 9.43. The Morgan fingerprint density at radius 3 is 1.05 bits per heavy atom. The van der Waals surface area contributed by atoms with Crippen molar-refractivity contribution in [3.05, 3.63) is 264 Å². The lowest BCUT2D eigenvalue weighted by atomic mass is 9.91. The second-order valence-corrected chi connectivity index (χ2v) is 25.3. The van der Waals surface area contributed by atoms with E-state index < -0.39 is 91.1 Å². The van der Waals surface area contributed by atoms with Crippen molar-refractivity contribution < 1.29 is 66.7 Å². The average molecular weight is 1300 g/mol. The van der Waals surface area contributed by atoms with Crippen LogP contribution in [0.5, 0.6) is 0 Å². The molecule has 0 fully saturated rings. The van der Waals surface area contributed by atoms with Crippen LogP contribution in [-0.2, 0) is 35.2 Å². The summed E-state index contributed by atoms with van der Waals surface area (Å²) in [5.41, 5.74) is 20.5. The van der Waals surface area contributed by atoms with E-state index in [1.165, 1.54) is 80.3 Å². The van der Waals surface area contributed by atoms with Crippen LogP contribution in [0.3, 0.4) is 0 Å². The summed E-state index contributed by atoms with van der Waals surface area (Å²) >= 11 is 0. The van der Waals surface area contributed by atoms with Crippen molar-refractivity contribution in [1.82, 2.24) is 0 Å². The molecule has 0 aliphatic heterocycles. The van der Waals surface area contributed by atoms with Crippen LogP contribution in [-0.4, -0.2) is 0 Å². The summed E-state index contributed by atoms with van der Waals surface area (Å²) in [6.07, 6.45) is 9.29. The highest BCUT2D eigenvalue weighted by molar-refractivity contribution is 5.69. The number of rotatable bonds is 10. The van der Waals surface area contributed by atoms with E-state index in [0.717, 1.165) is 79.8 Å². The largest absolute Gasteiger partial charge is 0.215 e. The van der Waals surface area contributed by atoms with Crippen LogP contribution in [0.2, 0.25) is 0 Å². The summed E-state index contributed by atoms with van der Waals surface area (Å²) in [6.45, 7) is 5.64. The first-order valence-electron chi connectivity index (χ1n) is 47.7. The van der Waals surface area contributed by atoms with Gasteiger partial charge in [0.25, 0.3) is 0 Å². The van der Waals surface area contributed by atoms with Gasteiger partial charge in [0.05, 0.1) is 0 Å². The molecular weight excluding hydrogens is 1150 g/mol. The number of aromatic nitrogens is 5. The number of hydrogen-bond donors (Lipinski definition) is 0. The Balaban J connectivity index is 0.000000247. The van der Waals surface area contributed by atoms with Gasteiger partial charge in [-0.3, -0.25) is 0 Å². The Bertz CT molecular complexity index is 5690. The molecule has 95 heavy (non-hydrogen) atoms. The lowest BCUT2D eigenvalue weighted by molar-refractivity contribution is -0.660. The number of benzene rings is 5. The molecular formula is C90H120N5+5. The summed E-state index contributed by atoms with van der Waals surface area (Å²) in [5, 5.41) is 0. The van der Waals surface area contributed by atoms with Crippen molar-refractivity contribution in [1.29, 1.82) is 0 Å². The van der Waals surface area contributed by atoms with Crippen molar-refractivity contribution >= 4 is 0 Å². The fourth-order valence-corrected chi connectivity index (χ4v) is 11.4. The SMILES string of the molecule is [2H]C([2H])([2H])C([2H])(C)c1ccc(-c2c(C)c(C)cc[n+]2C)c(C)c1.[2H]C([2H])([2H])c1cc(C)c(-c2cc(C([2H])(C)C([2H])([2H])[2H])cc[n+]2C)cc1C.[2H]C([2H])([2H])c1cc(C)c(-c2cc(C([2H])(C)C([2H])([2H])[2H])cc[n+]2C)cc1C([2H])(C)C([2H])([2H])[2H].[2H]C([2H])([2H])c1cc(C)c(-c2cc(C)cc[n+]2C)cc1C([2H])(C)C([2H])([2H])[2H].[2H]C([2H])([2H])c1ccc(-c2c(C)c(C)cc[n+]2C)c(C)c1. The summed E-state index contributed by atoms with van der Waals surface area (Å²) in [4.78, 5) is 0. The zero-order valence-electron chi connectivity index (χ0n) is 91.7. The van der Waals surface area contributed by atoms with Gasteiger partial charge >= 0.3 is 0 Å². The van der Waals surface area contributed by atoms with Gasteiger partial charge in [-0.15, -0.1) is 0 Å². The van der Waals surface area contributed by atoms with Gasteiger partial charge in [-0.1, -0.05) is 117 Å². The molecule has 5 unspecified atom stereocenters. The molecule has 0 N–H and O–H groups in total. The molecule has 0 aliphatic carbocycles. The van der Waals surface area contributed by atoms with Crippen molar-refractivity contribution in [3.63, 3.8) is 0 Å². The van der Waals surface area contributed by atoms with Crippen molar-refractivity contribution in [2.75, 3.05) is 0 Å². The third-order valence-electron chi connectivity index (χ3n) is 17.5. The third kappa shape index (κ3) is 18.9. The van der Waals surface area contributed by atoms with Crippen molar-refractivity contribution in [2.45, 2.75) is 202 Å². The normalized spacial score (nSPS) is 20.3. The fraction of sp³-hybridized carbons (Fsp3) is 0.389. The van der Waals surface area contributed by atoms with Crippen LogP contribution in [0.15, 0.2) is 152 Å². The minimum atomic E-state index is -2.79. The van der Waals surface area contributed by atoms with Crippen LogP contribution in [0.4, 0.5) is 0 Å². The first-order chi connectivity index (χ1) is 57.1. The molecule has 10 rings (SSSR count). The summed E-state index contributed by atoms with van der Waals surface area (Å²) < 4.78 is 259. The Hall–Kier alpha value is -8.15. The van der Waals surface area contributed by atoms with Gasteiger partial charge in [0.15, 0.2) is 31.0 Å². The molecule has 0 saturated carbocycles. The van der Waals surface area contributed by atoms with Crippen LogP contribution < -0.4 is 22.8 Å². The van der Waals surface area contributed by atoms with Crippen molar-refractivity contribution in [3.8, 4) is 56.3 Å². The van der Waals surface area contributed by atoms with Gasteiger partial charge < -0.3 is 0 Å². The van der Waals surface area contributed by atoms with E-state index in [1.807, 2.05) is 120 Å². The van der Waals surface area contributed by atoms with Crippen molar-refractivity contribution in [2.24, 2.45) is 35.2 Å².